The molecule has 0 aromatic heterocycles. The van der Waals surface area contributed by atoms with E-state index in [1.807, 2.05) is 0 Å². The number of nitrogens with one attached hydrogen (secondary N) is 1. The minimum atomic E-state index is 0.281. The van der Waals surface area contributed by atoms with Crippen molar-refractivity contribution in [2.75, 3.05) is 13.1 Å². The quantitative estimate of drug-likeness (QED) is 0.451. The summed E-state index contributed by atoms with van der Waals surface area (Å²) in [5.41, 5.74) is 0.281. The Hall–Kier alpha value is -0.370. The lowest BCUT2D eigenvalue weighted by atomic mass is 9.97. The largest absolute Gasteiger partial charge is 0.310 e. The van der Waals surface area contributed by atoms with E-state index < -0.39 is 0 Å². The van der Waals surface area contributed by atoms with Crippen molar-refractivity contribution in [3.05, 3.63) is 0 Å². The smallest absolute Gasteiger partial charge is 0.133 e. The molecule has 0 fully saturated rings. The maximum Gasteiger partial charge on any atom is 0.133 e. The van der Waals surface area contributed by atoms with E-state index in [2.05, 4.69) is 26.1 Å². The maximum absolute atomic E-state index is 9.83. The fourth-order valence-electron chi connectivity index (χ4n) is 0.506. The van der Waals surface area contributed by atoms with Gasteiger partial charge in [0.05, 0.1) is 6.54 Å². The molecule has 0 heterocycles. The van der Waals surface area contributed by atoms with Crippen molar-refractivity contribution in [1.29, 1.82) is 0 Å². The summed E-state index contributed by atoms with van der Waals surface area (Å²) in [7, 11) is 0. The number of hydrogen-bond acceptors (Lipinski definition) is 2. The van der Waals surface area contributed by atoms with Crippen LogP contribution >= 0.6 is 0 Å². The van der Waals surface area contributed by atoms with Crippen LogP contribution in [0.5, 0.6) is 0 Å². The molecule has 0 bridgehead atoms. The van der Waals surface area contributed by atoms with E-state index in [9.17, 15) is 4.79 Å². The first kappa shape index (κ1) is 8.63. The highest BCUT2D eigenvalue weighted by Crippen LogP contribution is 2.09. The predicted octanol–water partition coefficient (Wildman–Crippen LogP) is 0.821. The van der Waals surface area contributed by atoms with Gasteiger partial charge in [-0.15, -0.1) is 0 Å². The Morgan fingerprint density at radius 3 is 2.33 bits per heavy atom. The minimum Gasteiger partial charge on any atom is -0.310 e. The van der Waals surface area contributed by atoms with Crippen LogP contribution in [0.1, 0.15) is 20.8 Å². The molecule has 9 heavy (non-hydrogen) atoms. The van der Waals surface area contributed by atoms with Gasteiger partial charge in [0.1, 0.15) is 6.29 Å². The number of carbonyl (C=O) groups excluding carboxylic acids is 1. The number of rotatable bonds is 3. The molecule has 0 amide bonds. The third kappa shape index (κ3) is 7.63. The molecule has 54 valence electrons. The third-order valence-corrected chi connectivity index (χ3v) is 0.883. The Morgan fingerprint density at radius 2 is 2.00 bits per heavy atom. The van der Waals surface area contributed by atoms with Crippen molar-refractivity contribution in [2.24, 2.45) is 5.41 Å². The van der Waals surface area contributed by atoms with Crippen LogP contribution in [0.3, 0.4) is 0 Å². The van der Waals surface area contributed by atoms with E-state index in [1.54, 1.807) is 0 Å². The number of hydrogen-bond donors (Lipinski definition) is 1. The number of aldehydes is 1. The lowest BCUT2D eigenvalue weighted by molar-refractivity contribution is -0.107. The van der Waals surface area contributed by atoms with E-state index in [-0.39, 0.29) is 5.41 Å². The first-order chi connectivity index (χ1) is 4.06. The summed E-state index contributed by atoms with van der Waals surface area (Å²) < 4.78 is 0. The van der Waals surface area contributed by atoms with Gasteiger partial charge in [-0.05, 0) is 5.41 Å². The third-order valence-electron chi connectivity index (χ3n) is 0.883. The SMILES string of the molecule is CC(C)(C)CNCC=O. The number of carbonyl (C=O) groups is 1. The van der Waals surface area contributed by atoms with Crippen molar-refractivity contribution in [2.45, 2.75) is 20.8 Å². The van der Waals surface area contributed by atoms with Crippen molar-refractivity contribution in [3.63, 3.8) is 0 Å². The van der Waals surface area contributed by atoms with Crippen molar-refractivity contribution >= 4 is 6.29 Å². The highest BCUT2D eigenvalue weighted by atomic mass is 16.1. The first-order valence-electron chi connectivity index (χ1n) is 3.20. The molecule has 0 radical (unpaired) electrons. The zero-order valence-corrected chi connectivity index (χ0v) is 6.40. The second-order valence-electron chi connectivity index (χ2n) is 3.36. The zero-order valence-electron chi connectivity index (χ0n) is 6.40. The summed E-state index contributed by atoms with van der Waals surface area (Å²) in [6.07, 6.45) is 0.881. The van der Waals surface area contributed by atoms with Gasteiger partial charge in [-0.3, -0.25) is 0 Å². The Kier molecular flexibility index (Phi) is 3.47. The van der Waals surface area contributed by atoms with Crippen LogP contribution in [0.2, 0.25) is 0 Å². The second-order valence-corrected chi connectivity index (χ2v) is 3.36. The van der Waals surface area contributed by atoms with Gasteiger partial charge in [0.25, 0.3) is 0 Å². The molecule has 0 saturated heterocycles. The lowest BCUT2D eigenvalue weighted by Crippen LogP contribution is -2.28. The zero-order chi connectivity index (χ0) is 7.33. The van der Waals surface area contributed by atoms with E-state index in [4.69, 9.17) is 0 Å². The molecule has 0 aliphatic carbocycles. The van der Waals surface area contributed by atoms with Gasteiger partial charge in [0, 0.05) is 6.54 Å². The van der Waals surface area contributed by atoms with Crippen molar-refractivity contribution in [3.8, 4) is 0 Å². The van der Waals surface area contributed by atoms with Crippen LogP contribution in [0.4, 0.5) is 0 Å². The average molecular weight is 129 g/mol. The van der Waals surface area contributed by atoms with Gasteiger partial charge < -0.3 is 10.1 Å². The van der Waals surface area contributed by atoms with Crippen LogP contribution in [0, 0.1) is 5.41 Å². The van der Waals surface area contributed by atoms with Crippen LogP contribution in [0.25, 0.3) is 0 Å². The van der Waals surface area contributed by atoms with Gasteiger partial charge in [-0.25, -0.2) is 0 Å². The van der Waals surface area contributed by atoms with Crippen LogP contribution < -0.4 is 5.32 Å². The molecular formula is C7H15NO. The van der Waals surface area contributed by atoms with Crippen molar-refractivity contribution in [1.82, 2.24) is 5.32 Å². The predicted molar refractivity (Wildman–Crippen MR) is 38.4 cm³/mol. The van der Waals surface area contributed by atoms with Crippen LogP contribution in [0.15, 0.2) is 0 Å². The highest BCUT2D eigenvalue weighted by molar-refractivity contribution is 5.51. The topological polar surface area (TPSA) is 29.1 Å². The molecule has 0 spiro atoms. The van der Waals surface area contributed by atoms with E-state index >= 15 is 0 Å². The van der Waals surface area contributed by atoms with E-state index in [1.165, 1.54) is 0 Å². The molecule has 2 nitrogen and oxygen atoms in total. The van der Waals surface area contributed by atoms with E-state index in [0.717, 1.165) is 12.8 Å². The van der Waals surface area contributed by atoms with Gasteiger partial charge in [0.15, 0.2) is 0 Å². The van der Waals surface area contributed by atoms with Crippen LogP contribution in [-0.4, -0.2) is 19.4 Å². The van der Waals surface area contributed by atoms with Gasteiger partial charge in [-0.2, -0.15) is 0 Å². The molecule has 0 aromatic carbocycles. The molecule has 0 unspecified atom stereocenters. The summed E-state index contributed by atoms with van der Waals surface area (Å²) >= 11 is 0. The lowest BCUT2D eigenvalue weighted by Gasteiger charge is -2.17. The molecule has 0 rings (SSSR count). The second kappa shape index (κ2) is 3.62. The van der Waals surface area contributed by atoms with Gasteiger partial charge >= 0.3 is 0 Å². The fraction of sp³-hybridized carbons (Fsp3) is 0.857. The fourth-order valence-corrected chi connectivity index (χ4v) is 0.506. The van der Waals surface area contributed by atoms with Crippen LogP contribution in [-0.2, 0) is 4.79 Å². The maximum atomic E-state index is 9.83. The molecule has 2 heteroatoms. The standard InChI is InChI=1S/C7H15NO/c1-7(2,3)6-8-4-5-9/h5,8H,4,6H2,1-3H3. The molecule has 1 N–H and O–H groups in total. The molecule has 0 aromatic rings. The Labute approximate surface area is 56.6 Å². The Bertz CT molecular complexity index is 83.4. The van der Waals surface area contributed by atoms with E-state index in [0.29, 0.717) is 6.54 Å². The van der Waals surface area contributed by atoms with Crippen molar-refractivity contribution < 1.29 is 4.79 Å². The normalized spacial score (nSPS) is 11.4. The van der Waals surface area contributed by atoms with Gasteiger partial charge in [0.2, 0.25) is 0 Å². The summed E-state index contributed by atoms with van der Waals surface area (Å²) in [5, 5.41) is 3.01. The molecule has 0 aliphatic heterocycles. The minimum absolute atomic E-state index is 0.281. The molecule has 0 aliphatic rings. The summed E-state index contributed by atoms with van der Waals surface area (Å²) in [6.45, 7) is 7.75. The summed E-state index contributed by atoms with van der Waals surface area (Å²) in [5.74, 6) is 0. The van der Waals surface area contributed by atoms with Gasteiger partial charge in [-0.1, -0.05) is 20.8 Å². The molecule has 0 saturated carbocycles. The average Bonchev–Trinajstić information content (AvgIpc) is 1.63. The monoisotopic (exact) mass is 129 g/mol. The Morgan fingerprint density at radius 1 is 1.44 bits per heavy atom. The summed E-state index contributed by atoms with van der Waals surface area (Å²) in [4.78, 5) is 9.83. The summed E-state index contributed by atoms with van der Waals surface area (Å²) in [6, 6.07) is 0. The first-order valence-corrected chi connectivity index (χ1v) is 3.20. The Balaban J connectivity index is 3.17. The molecular weight excluding hydrogens is 114 g/mol. The highest BCUT2D eigenvalue weighted by Gasteiger charge is 2.07. The molecule has 0 atom stereocenters.